The predicted octanol–water partition coefficient (Wildman–Crippen LogP) is 3.66. The molecule has 144 valence electrons. The zero-order chi connectivity index (χ0) is 19.6. The van der Waals surface area contributed by atoms with Crippen LogP contribution in [-0.4, -0.2) is 35.9 Å². The Kier molecular flexibility index (Phi) is 8.14. The highest BCUT2D eigenvalue weighted by Crippen LogP contribution is 2.15. The molecule has 2 amide bonds. The van der Waals surface area contributed by atoms with Crippen molar-refractivity contribution in [3.05, 3.63) is 65.2 Å². The third kappa shape index (κ3) is 6.61. The summed E-state index contributed by atoms with van der Waals surface area (Å²) >= 11 is 5.93. The topological polar surface area (TPSA) is 58.6 Å². The molecular weight excluding hydrogens is 364 g/mol. The summed E-state index contributed by atoms with van der Waals surface area (Å²) in [5, 5.41) is 3.46. The summed E-state index contributed by atoms with van der Waals surface area (Å²) in [6.45, 7) is 4.45. The van der Waals surface area contributed by atoms with Crippen LogP contribution in [0.5, 0.6) is 5.75 Å². The van der Waals surface area contributed by atoms with Gasteiger partial charge in [-0.1, -0.05) is 48.9 Å². The number of benzene rings is 2. The van der Waals surface area contributed by atoms with E-state index in [1.54, 1.807) is 31.2 Å². The lowest BCUT2D eigenvalue weighted by Crippen LogP contribution is -2.49. The fraction of sp³-hybridized carbons (Fsp3) is 0.333. The molecule has 1 N–H and O–H groups in total. The van der Waals surface area contributed by atoms with Crippen molar-refractivity contribution in [2.75, 3.05) is 13.2 Å². The third-order valence-corrected chi connectivity index (χ3v) is 4.34. The van der Waals surface area contributed by atoms with E-state index in [4.69, 9.17) is 16.3 Å². The molecule has 0 fully saturated rings. The second-order valence-electron chi connectivity index (χ2n) is 6.22. The van der Waals surface area contributed by atoms with Crippen molar-refractivity contribution in [2.45, 2.75) is 32.9 Å². The second-order valence-corrected chi connectivity index (χ2v) is 6.65. The Morgan fingerprint density at radius 1 is 1.11 bits per heavy atom. The molecule has 0 heterocycles. The summed E-state index contributed by atoms with van der Waals surface area (Å²) in [6.07, 6.45) is 0.834. The lowest BCUT2D eigenvalue weighted by atomic mass is 10.1. The Morgan fingerprint density at radius 3 is 2.41 bits per heavy atom. The fourth-order valence-electron chi connectivity index (χ4n) is 2.51. The maximum atomic E-state index is 12.8. The van der Waals surface area contributed by atoms with Gasteiger partial charge >= 0.3 is 0 Å². The fourth-order valence-corrected chi connectivity index (χ4v) is 2.64. The molecule has 0 spiro atoms. The molecule has 2 rings (SSSR count). The van der Waals surface area contributed by atoms with Gasteiger partial charge in [0.15, 0.2) is 6.61 Å². The Balaban J connectivity index is 2.10. The Labute approximate surface area is 165 Å². The summed E-state index contributed by atoms with van der Waals surface area (Å²) in [5.41, 5.74) is 0.891. The summed E-state index contributed by atoms with van der Waals surface area (Å²) in [5.74, 6) is 0.173. The molecule has 0 saturated heterocycles. The molecule has 0 aromatic heterocycles. The van der Waals surface area contributed by atoms with Crippen LogP contribution in [0.15, 0.2) is 54.6 Å². The highest BCUT2D eigenvalue weighted by Gasteiger charge is 2.26. The van der Waals surface area contributed by atoms with E-state index in [0.29, 0.717) is 23.9 Å². The summed E-state index contributed by atoms with van der Waals surface area (Å²) in [4.78, 5) is 26.7. The van der Waals surface area contributed by atoms with Crippen molar-refractivity contribution in [1.29, 1.82) is 0 Å². The Morgan fingerprint density at radius 2 is 1.78 bits per heavy atom. The molecule has 0 aliphatic carbocycles. The van der Waals surface area contributed by atoms with Gasteiger partial charge in [0.25, 0.3) is 5.91 Å². The SMILES string of the molecule is CCCNC(=O)[C@H](C)N(Cc1ccc(Cl)cc1)C(=O)COc1ccccc1. The number of amides is 2. The monoisotopic (exact) mass is 388 g/mol. The zero-order valence-corrected chi connectivity index (χ0v) is 16.4. The number of rotatable bonds is 9. The molecule has 5 nitrogen and oxygen atoms in total. The van der Waals surface area contributed by atoms with E-state index in [9.17, 15) is 9.59 Å². The minimum atomic E-state index is -0.612. The van der Waals surface area contributed by atoms with E-state index in [-0.39, 0.29) is 18.4 Å². The van der Waals surface area contributed by atoms with Gasteiger partial charge in [-0.25, -0.2) is 0 Å². The number of halogens is 1. The lowest BCUT2D eigenvalue weighted by Gasteiger charge is -2.28. The van der Waals surface area contributed by atoms with Gasteiger partial charge in [-0.15, -0.1) is 0 Å². The van der Waals surface area contributed by atoms with Gasteiger partial charge in [0, 0.05) is 18.1 Å². The number of hydrogen-bond acceptors (Lipinski definition) is 3. The van der Waals surface area contributed by atoms with E-state index in [1.807, 2.05) is 37.3 Å². The lowest BCUT2D eigenvalue weighted by molar-refractivity contribution is -0.142. The van der Waals surface area contributed by atoms with Crippen LogP contribution in [0.4, 0.5) is 0 Å². The van der Waals surface area contributed by atoms with Crippen LogP contribution < -0.4 is 10.1 Å². The van der Waals surface area contributed by atoms with Crippen molar-refractivity contribution >= 4 is 23.4 Å². The van der Waals surface area contributed by atoms with Crippen LogP contribution in [-0.2, 0) is 16.1 Å². The number of carbonyl (C=O) groups is 2. The molecule has 27 heavy (non-hydrogen) atoms. The van der Waals surface area contributed by atoms with Crippen molar-refractivity contribution in [3.63, 3.8) is 0 Å². The van der Waals surface area contributed by atoms with Crippen LogP contribution in [0.2, 0.25) is 5.02 Å². The molecule has 1 atom stereocenters. The largest absolute Gasteiger partial charge is 0.484 e. The first kappa shape index (κ1) is 20.8. The summed E-state index contributed by atoms with van der Waals surface area (Å²) in [7, 11) is 0. The van der Waals surface area contributed by atoms with E-state index in [0.717, 1.165) is 12.0 Å². The minimum absolute atomic E-state index is 0.136. The first-order chi connectivity index (χ1) is 13.0. The molecule has 0 bridgehead atoms. The van der Waals surface area contributed by atoms with Gasteiger partial charge in [-0.3, -0.25) is 9.59 Å². The highest BCUT2D eigenvalue weighted by molar-refractivity contribution is 6.30. The average molecular weight is 389 g/mol. The van der Waals surface area contributed by atoms with Gasteiger partial charge in [0.2, 0.25) is 5.91 Å². The van der Waals surface area contributed by atoms with Crippen molar-refractivity contribution < 1.29 is 14.3 Å². The quantitative estimate of drug-likeness (QED) is 0.713. The average Bonchev–Trinajstić information content (AvgIpc) is 2.70. The van der Waals surface area contributed by atoms with Crippen molar-refractivity contribution in [2.24, 2.45) is 0 Å². The normalized spacial score (nSPS) is 11.5. The van der Waals surface area contributed by atoms with E-state index < -0.39 is 6.04 Å². The molecule has 0 aliphatic heterocycles. The molecule has 0 unspecified atom stereocenters. The maximum Gasteiger partial charge on any atom is 0.261 e. The van der Waals surface area contributed by atoms with Crippen LogP contribution in [0.1, 0.15) is 25.8 Å². The Hall–Kier alpha value is -2.53. The zero-order valence-electron chi connectivity index (χ0n) is 15.7. The highest BCUT2D eigenvalue weighted by atomic mass is 35.5. The van der Waals surface area contributed by atoms with E-state index >= 15 is 0 Å². The summed E-state index contributed by atoms with van der Waals surface area (Å²) < 4.78 is 5.57. The van der Waals surface area contributed by atoms with E-state index in [2.05, 4.69) is 5.32 Å². The first-order valence-electron chi connectivity index (χ1n) is 9.00. The van der Waals surface area contributed by atoms with Gasteiger partial charge in [0.05, 0.1) is 0 Å². The van der Waals surface area contributed by atoms with E-state index in [1.165, 1.54) is 4.90 Å². The smallest absolute Gasteiger partial charge is 0.261 e. The van der Waals surface area contributed by atoms with Gasteiger partial charge < -0.3 is 15.0 Å². The number of hydrogen-bond donors (Lipinski definition) is 1. The summed E-state index contributed by atoms with van der Waals surface area (Å²) in [6, 6.07) is 15.7. The van der Waals surface area contributed by atoms with Gasteiger partial charge in [-0.2, -0.15) is 0 Å². The first-order valence-corrected chi connectivity index (χ1v) is 9.38. The van der Waals surface area contributed by atoms with Crippen LogP contribution in [0.25, 0.3) is 0 Å². The minimum Gasteiger partial charge on any atom is -0.484 e. The molecule has 6 heteroatoms. The van der Waals surface area contributed by atoms with Gasteiger partial charge in [0.1, 0.15) is 11.8 Å². The number of carbonyl (C=O) groups excluding carboxylic acids is 2. The van der Waals surface area contributed by atoms with Crippen LogP contribution in [0.3, 0.4) is 0 Å². The van der Waals surface area contributed by atoms with Gasteiger partial charge in [-0.05, 0) is 43.2 Å². The Bertz CT molecular complexity index is 735. The molecule has 2 aromatic rings. The van der Waals surface area contributed by atoms with Crippen LogP contribution >= 0.6 is 11.6 Å². The number of nitrogens with zero attached hydrogens (tertiary/aromatic N) is 1. The molecule has 0 radical (unpaired) electrons. The van der Waals surface area contributed by atoms with Crippen molar-refractivity contribution in [1.82, 2.24) is 10.2 Å². The molecule has 2 aromatic carbocycles. The molecule has 0 saturated carbocycles. The van der Waals surface area contributed by atoms with Crippen molar-refractivity contribution in [3.8, 4) is 5.75 Å². The number of para-hydroxylation sites is 1. The third-order valence-electron chi connectivity index (χ3n) is 4.09. The number of nitrogens with one attached hydrogen (secondary N) is 1. The second kappa shape index (κ2) is 10.6. The molecular formula is C21H25ClN2O3. The van der Waals surface area contributed by atoms with Crippen LogP contribution in [0, 0.1) is 0 Å². The molecule has 0 aliphatic rings. The maximum absolute atomic E-state index is 12.8. The number of ether oxygens (including phenoxy) is 1. The predicted molar refractivity (Wildman–Crippen MR) is 107 cm³/mol. The standard InChI is InChI=1S/C21H25ClN2O3/c1-3-13-23-21(26)16(2)24(14-17-9-11-18(22)12-10-17)20(25)15-27-19-7-5-4-6-8-19/h4-12,16H,3,13-15H2,1-2H3,(H,23,26)/t16-/m0/s1.